The number of nitrogens with one attached hydrogen (secondary N) is 1. The number of aromatic nitrogens is 2. The van der Waals surface area contributed by atoms with E-state index in [0.717, 1.165) is 24.5 Å². The van der Waals surface area contributed by atoms with Gasteiger partial charge in [-0.05, 0) is 19.0 Å². The topological polar surface area (TPSA) is 37.8 Å². The van der Waals surface area contributed by atoms with Gasteiger partial charge in [0.2, 0.25) is 0 Å². The van der Waals surface area contributed by atoms with Gasteiger partial charge in [-0.15, -0.1) is 0 Å². The van der Waals surface area contributed by atoms with Crippen molar-refractivity contribution >= 4 is 0 Å². The number of hydrogen-bond donors (Lipinski definition) is 1. The van der Waals surface area contributed by atoms with Crippen LogP contribution in [0.5, 0.6) is 0 Å². The standard InChI is InChI=1S/C10H17N3/c1-8(2)9-4-7-12-10(13-9)5-6-11-3/h4,7-8,11H,5-6H2,1-3H3. The van der Waals surface area contributed by atoms with Crippen LogP contribution in [0.4, 0.5) is 0 Å². The van der Waals surface area contributed by atoms with Gasteiger partial charge >= 0.3 is 0 Å². The van der Waals surface area contributed by atoms with Gasteiger partial charge in [0, 0.05) is 24.9 Å². The van der Waals surface area contributed by atoms with E-state index in [4.69, 9.17) is 0 Å². The Balaban J connectivity index is 2.68. The molecule has 0 unspecified atom stereocenters. The van der Waals surface area contributed by atoms with Crippen LogP contribution in [0.25, 0.3) is 0 Å². The van der Waals surface area contributed by atoms with Gasteiger partial charge in [-0.1, -0.05) is 13.8 Å². The zero-order valence-corrected chi connectivity index (χ0v) is 8.54. The Kier molecular flexibility index (Phi) is 3.83. The molecule has 0 bridgehead atoms. The Bertz CT molecular complexity index is 258. The van der Waals surface area contributed by atoms with Crippen LogP contribution in [0.2, 0.25) is 0 Å². The normalized spacial score (nSPS) is 10.8. The van der Waals surface area contributed by atoms with E-state index in [1.54, 1.807) is 0 Å². The first-order valence-corrected chi connectivity index (χ1v) is 4.70. The van der Waals surface area contributed by atoms with Crippen LogP contribution in [-0.2, 0) is 6.42 Å². The van der Waals surface area contributed by atoms with Crippen molar-refractivity contribution in [3.05, 3.63) is 23.8 Å². The summed E-state index contributed by atoms with van der Waals surface area (Å²) in [6.07, 6.45) is 2.74. The monoisotopic (exact) mass is 179 g/mol. The van der Waals surface area contributed by atoms with E-state index in [9.17, 15) is 0 Å². The molecule has 3 nitrogen and oxygen atoms in total. The highest BCUT2D eigenvalue weighted by molar-refractivity contribution is 5.06. The minimum atomic E-state index is 0.483. The summed E-state index contributed by atoms with van der Waals surface area (Å²) in [5.74, 6) is 1.41. The third-order valence-electron chi connectivity index (χ3n) is 1.92. The van der Waals surface area contributed by atoms with E-state index < -0.39 is 0 Å². The van der Waals surface area contributed by atoms with Gasteiger partial charge < -0.3 is 5.32 Å². The molecule has 0 spiro atoms. The van der Waals surface area contributed by atoms with Gasteiger partial charge in [0.15, 0.2) is 0 Å². The Morgan fingerprint density at radius 3 is 2.85 bits per heavy atom. The molecule has 1 aromatic rings. The quantitative estimate of drug-likeness (QED) is 0.758. The lowest BCUT2D eigenvalue weighted by Crippen LogP contribution is -2.12. The van der Waals surface area contributed by atoms with Crippen molar-refractivity contribution in [1.29, 1.82) is 0 Å². The highest BCUT2D eigenvalue weighted by Gasteiger charge is 2.02. The number of hydrogen-bond acceptors (Lipinski definition) is 3. The smallest absolute Gasteiger partial charge is 0.129 e. The van der Waals surface area contributed by atoms with E-state index >= 15 is 0 Å². The molecule has 0 atom stereocenters. The van der Waals surface area contributed by atoms with Crippen molar-refractivity contribution in [3.8, 4) is 0 Å². The first kappa shape index (κ1) is 10.1. The summed E-state index contributed by atoms with van der Waals surface area (Å²) in [7, 11) is 1.94. The summed E-state index contributed by atoms with van der Waals surface area (Å²) in [5, 5.41) is 3.08. The second-order valence-electron chi connectivity index (χ2n) is 3.41. The fraction of sp³-hybridized carbons (Fsp3) is 0.600. The molecule has 72 valence electrons. The highest BCUT2D eigenvalue weighted by Crippen LogP contribution is 2.09. The maximum atomic E-state index is 4.46. The summed E-state index contributed by atoms with van der Waals surface area (Å²) in [4.78, 5) is 8.67. The second kappa shape index (κ2) is 4.92. The molecule has 0 aromatic carbocycles. The zero-order chi connectivity index (χ0) is 9.68. The van der Waals surface area contributed by atoms with Crippen molar-refractivity contribution in [3.63, 3.8) is 0 Å². The fourth-order valence-corrected chi connectivity index (χ4v) is 1.09. The van der Waals surface area contributed by atoms with Crippen LogP contribution in [0, 0.1) is 0 Å². The van der Waals surface area contributed by atoms with Crippen LogP contribution >= 0.6 is 0 Å². The second-order valence-corrected chi connectivity index (χ2v) is 3.41. The van der Waals surface area contributed by atoms with E-state index in [-0.39, 0.29) is 0 Å². The van der Waals surface area contributed by atoms with E-state index in [0.29, 0.717) is 5.92 Å². The van der Waals surface area contributed by atoms with Gasteiger partial charge in [-0.25, -0.2) is 9.97 Å². The lowest BCUT2D eigenvalue weighted by atomic mass is 10.1. The molecule has 0 radical (unpaired) electrons. The molecule has 3 heteroatoms. The Hall–Kier alpha value is -0.960. The van der Waals surface area contributed by atoms with E-state index in [1.165, 1.54) is 0 Å². The van der Waals surface area contributed by atoms with Crippen LogP contribution < -0.4 is 5.32 Å². The fourth-order valence-electron chi connectivity index (χ4n) is 1.09. The summed E-state index contributed by atoms with van der Waals surface area (Å²) in [5.41, 5.74) is 1.13. The largest absolute Gasteiger partial charge is 0.319 e. The van der Waals surface area contributed by atoms with Gasteiger partial charge in [-0.3, -0.25) is 0 Å². The molecule has 1 rings (SSSR count). The summed E-state index contributed by atoms with van der Waals surface area (Å²) in [6.45, 7) is 5.22. The predicted molar refractivity (Wildman–Crippen MR) is 53.8 cm³/mol. The van der Waals surface area contributed by atoms with Crippen LogP contribution in [0.15, 0.2) is 12.3 Å². The first-order chi connectivity index (χ1) is 6.24. The van der Waals surface area contributed by atoms with E-state index in [2.05, 4.69) is 29.1 Å². The summed E-state index contributed by atoms with van der Waals surface area (Å²) >= 11 is 0. The maximum absolute atomic E-state index is 4.46. The molecule has 0 amide bonds. The van der Waals surface area contributed by atoms with Crippen molar-refractivity contribution in [2.24, 2.45) is 0 Å². The SMILES string of the molecule is CNCCc1nccc(C(C)C)n1. The van der Waals surface area contributed by atoms with Gasteiger partial charge in [0.05, 0.1) is 0 Å². The van der Waals surface area contributed by atoms with Crippen molar-refractivity contribution in [1.82, 2.24) is 15.3 Å². The average Bonchev–Trinajstić information content (AvgIpc) is 2.15. The Labute approximate surface area is 79.6 Å². The highest BCUT2D eigenvalue weighted by atomic mass is 14.9. The first-order valence-electron chi connectivity index (χ1n) is 4.70. The lowest BCUT2D eigenvalue weighted by Gasteiger charge is -2.05. The van der Waals surface area contributed by atoms with Crippen LogP contribution in [-0.4, -0.2) is 23.6 Å². The Morgan fingerprint density at radius 1 is 1.46 bits per heavy atom. The third-order valence-corrected chi connectivity index (χ3v) is 1.92. The summed E-state index contributed by atoms with van der Waals surface area (Å²) < 4.78 is 0. The molecule has 1 N–H and O–H groups in total. The molecular weight excluding hydrogens is 162 g/mol. The van der Waals surface area contributed by atoms with Gasteiger partial charge in [0.1, 0.15) is 5.82 Å². The van der Waals surface area contributed by atoms with Crippen molar-refractivity contribution in [2.75, 3.05) is 13.6 Å². The molecule has 0 saturated heterocycles. The summed E-state index contributed by atoms with van der Waals surface area (Å²) in [6, 6.07) is 1.98. The minimum absolute atomic E-state index is 0.483. The molecule has 0 aliphatic rings. The molecule has 13 heavy (non-hydrogen) atoms. The molecular formula is C10H17N3. The maximum Gasteiger partial charge on any atom is 0.129 e. The van der Waals surface area contributed by atoms with E-state index in [1.807, 2.05) is 19.3 Å². The molecule has 0 aliphatic heterocycles. The Morgan fingerprint density at radius 2 is 2.23 bits per heavy atom. The number of likely N-dealkylation sites (N-methyl/N-ethyl adjacent to an activating group) is 1. The number of nitrogens with zero attached hydrogens (tertiary/aromatic N) is 2. The molecule has 0 fully saturated rings. The minimum Gasteiger partial charge on any atom is -0.319 e. The average molecular weight is 179 g/mol. The molecule has 0 saturated carbocycles. The zero-order valence-electron chi connectivity index (χ0n) is 8.54. The molecule has 0 aliphatic carbocycles. The van der Waals surface area contributed by atoms with Crippen LogP contribution in [0.3, 0.4) is 0 Å². The molecule has 1 aromatic heterocycles. The van der Waals surface area contributed by atoms with Crippen molar-refractivity contribution in [2.45, 2.75) is 26.2 Å². The lowest BCUT2D eigenvalue weighted by molar-refractivity contribution is 0.730. The van der Waals surface area contributed by atoms with Crippen molar-refractivity contribution < 1.29 is 0 Å². The molecule has 1 heterocycles. The number of rotatable bonds is 4. The van der Waals surface area contributed by atoms with Crippen LogP contribution in [0.1, 0.15) is 31.3 Å². The van der Waals surface area contributed by atoms with Gasteiger partial charge in [-0.2, -0.15) is 0 Å². The predicted octanol–water partition coefficient (Wildman–Crippen LogP) is 1.36. The van der Waals surface area contributed by atoms with Gasteiger partial charge in [0.25, 0.3) is 0 Å². The third kappa shape index (κ3) is 3.11.